The lowest BCUT2D eigenvalue weighted by molar-refractivity contribution is 0.245. The molecule has 0 heterocycles. The average Bonchev–Trinajstić information content (AvgIpc) is 2.42. The monoisotopic (exact) mass is 341 g/mol. The van der Waals surface area contributed by atoms with Crippen LogP contribution in [0.4, 0.5) is 0 Å². The zero-order valence-electron chi connectivity index (χ0n) is 13.9. The number of nitrogens with two attached hydrogens (primary N) is 1. The van der Waals surface area contributed by atoms with E-state index < -0.39 is 6.72 Å². The molecule has 0 bridgehead atoms. The molecular weight excluding hydrogens is 305 g/mol. The van der Waals surface area contributed by atoms with Crippen LogP contribution in [-0.4, -0.2) is 22.9 Å². The van der Waals surface area contributed by atoms with Crippen molar-refractivity contribution in [1.29, 1.82) is 0 Å². The van der Waals surface area contributed by atoms with Crippen molar-refractivity contribution in [2.75, 3.05) is 13.2 Å². The fourth-order valence-electron chi connectivity index (χ4n) is 1.81. The molecule has 0 fully saturated rings. The summed E-state index contributed by atoms with van der Waals surface area (Å²) < 4.78 is 4.65. The molecule has 0 aliphatic heterocycles. The predicted octanol–water partition coefficient (Wildman–Crippen LogP) is 4.49. The molecule has 0 radical (unpaired) electrons. The Labute approximate surface area is 136 Å². The maximum absolute atomic E-state index is 8.68. The number of hydrogen-bond donors (Lipinski definition) is 3. The third-order valence-corrected chi connectivity index (χ3v) is 3.90. The van der Waals surface area contributed by atoms with Crippen LogP contribution in [0.25, 0.3) is 0 Å². The van der Waals surface area contributed by atoms with E-state index in [9.17, 15) is 0 Å². The lowest BCUT2D eigenvalue weighted by atomic mass is 10.1. The van der Waals surface area contributed by atoms with E-state index in [2.05, 4.69) is 30.2 Å². The van der Waals surface area contributed by atoms with Gasteiger partial charge in [0.25, 0.3) is 0 Å². The first kappa shape index (κ1) is 23.8. The molecule has 0 spiro atoms. The van der Waals surface area contributed by atoms with Gasteiger partial charge in [-0.2, -0.15) is 0 Å². The second kappa shape index (κ2) is 18.5. The minimum absolute atomic E-state index is 0.369. The lowest BCUT2D eigenvalue weighted by Crippen LogP contribution is -1.97. The molecule has 0 aliphatic rings. The highest BCUT2D eigenvalue weighted by Crippen LogP contribution is 2.36. The van der Waals surface area contributed by atoms with Crippen molar-refractivity contribution in [3.63, 3.8) is 0 Å². The highest BCUT2D eigenvalue weighted by atomic mass is 32.5. The van der Waals surface area contributed by atoms with E-state index in [1.54, 1.807) is 0 Å². The fourth-order valence-corrected chi connectivity index (χ4v) is 2.40. The Balaban J connectivity index is 0. The number of hydrogen-bond acceptors (Lipinski definition) is 3. The molecule has 21 heavy (non-hydrogen) atoms. The molecule has 0 amide bonds. The largest absolute Gasteiger partial charge is 0.330 e. The quantitative estimate of drug-likeness (QED) is 0.340. The Morgan fingerprint density at radius 1 is 0.810 bits per heavy atom. The van der Waals surface area contributed by atoms with E-state index >= 15 is 0 Å². The van der Waals surface area contributed by atoms with Gasteiger partial charge in [-0.3, -0.25) is 0 Å². The minimum atomic E-state index is -3.39. The number of unbranched alkanes of at least 4 members (excludes halogenated alkanes) is 9. The lowest BCUT2D eigenvalue weighted by Gasteiger charge is -2.07. The van der Waals surface area contributed by atoms with Crippen molar-refractivity contribution < 1.29 is 14.3 Å². The van der Waals surface area contributed by atoms with E-state index in [1.807, 2.05) is 0 Å². The third kappa shape index (κ3) is 29.2. The van der Waals surface area contributed by atoms with Crippen LogP contribution < -0.4 is 5.73 Å². The molecule has 0 atom stereocenters. The van der Waals surface area contributed by atoms with Crippen LogP contribution in [0.5, 0.6) is 0 Å². The predicted molar refractivity (Wildman–Crippen MR) is 95.9 cm³/mol. The van der Waals surface area contributed by atoms with Gasteiger partial charge < -0.3 is 20.0 Å². The van der Waals surface area contributed by atoms with Gasteiger partial charge in [0.15, 0.2) is 0 Å². The van der Waals surface area contributed by atoms with E-state index in [-0.39, 0.29) is 0 Å². The van der Waals surface area contributed by atoms with Gasteiger partial charge in [0.1, 0.15) is 0 Å². The van der Waals surface area contributed by atoms with Crippen LogP contribution in [0.15, 0.2) is 0 Å². The smallest absolute Gasteiger partial charge is 0.321 e. The van der Waals surface area contributed by atoms with Gasteiger partial charge in [-0.15, -0.1) is 0 Å². The summed E-state index contributed by atoms with van der Waals surface area (Å²) in [5, 5.41) is 0. The Morgan fingerprint density at radius 2 is 1.24 bits per heavy atom. The summed E-state index contributed by atoms with van der Waals surface area (Å²) in [6, 6.07) is 0. The van der Waals surface area contributed by atoms with E-state index in [4.69, 9.17) is 15.5 Å². The maximum Gasteiger partial charge on any atom is 0.321 e. The van der Waals surface area contributed by atoms with Crippen LogP contribution >= 0.6 is 6.72 Å². The molecule has 0 aromatic heterocycles. The third-order valence-electron chi connectivity index (χ3n) is 3.07. The molecule has 0 saturated carbocycles. The topological polar surface area (TPSA) is 75.7 Å². The molecule has 0 aromatic rings. The van der Waals surface area contributed by atoms with Crippen LogP contribution in [0.2, 0.25) is 0 Å². The van der Waals surface area contributed by atoms with Crippen LogP contribution in [-0.2, 0) is 16.3 Å². The van der Waals surface area contributed by atoms with Gasteiger partial charge in [0.2, 0.25) is 0 Å². The van der Waals surface area contributed by atoms with E-state index in [0.29, 0.717) is 6.61 Å². The van der Waals surface area contributed by atoms with Crippen molar-refractivity contribution in [3.05, 3.63) is 0 Å². The maximum atomic E-state index is 8.68. The molecule has 4 N–H and O–H groups in total. The van der Waals surface area contributed by atoms with Gasteiger partial charge >= 0.3 is 6.72 Å². The summed E-state index contributed by atoms with van der Waals surface area (Å²) >= 11 is 4.29. The summed E-state index contributed by atoms with van der Waals surface area (Å²) in [4.78, 5) is 17.4. The van der Waals surface area contributed by atoms with Crippen molar-refractivity contribution in [3.8, 4) is 0 Å². The molecular formula is C15H36NO3PS. The highest BCUT2D eigenvalue weighted by molar-refractivity contribution is 8.06. The van der Waals surface area contributed by atoms with Crippen LogP contribution in [0.3, 0.4) is 0 Å². The molecule has 0 unspecified atom stereocenters. The SMILES string of the molecule is CCCCCCCCN.CCCCCCCOP(O)(O)=S. The first-order valence-electron chi connectivity index (χ1n) is 8.38. The fraction of sp³-hybridized carbons (Fsp3) is 1.00. The Kier molecular flexibility index (Phi) is 21.0. The molecule has 6 heteroatoms. The summed E-state index contributed by atoms with van der Waals surface area (Å²) in [5.41, 5.74) is 5.34. The Bertz CT molecular complexity index is 231. The zero-order chi connectivity index (χ0) is 16.4. The molecule has 4 nitrogen and oxygen atoms in total. The van der Waals surface area contributed by atoms with Crippen molar-refractivity contribution >= 4 is 18.5 Å². The first-order valence-corrected chi connectivity index (χ1v) is 11.0. The van der Waals surface area contributed by atoms with Crippen molar-refractivity contribution in [2.24, 2.45) is 5.73 Å². The Morgan fingerprint density at radius 3 is 1.67 bits per heavy atom. The standard InChI is InChI=1S/C8H19N.C7H17O3PS/c1-2-3-4-5-6-7-8-9;1-2-3-4-5-6-7-10-11(8,9)12/h2-9H2,1H3;2-7H2,1H3,(H2,8,9,12). The van der Waals surface area contributed by atoms with Gasteiger partial charge in [0, 0.05) is 0 Å². The molecule has 130 valence electrons. The minimum Gasteiger partial charge on any atom is -0.330 e. The van der Waals surface area contributed by atoms with Gasteiger partial charge in [-0.05, 0) is 31.2 Å². The van der Waals surface area contributed by atoms with Gasteiger partial charge in [0.05, 0.1) is 6.61 Å². The Hall–Kier alpha value is 0.490. The first-order chi connectivity index (χ1) is 9.97. The van der Waals surface area contributed by atoms with Crippen molar-refractivity contribution in [2.45, 2.75) is 84.5 Å². The van der Waals surface area contributed by atoms with E-state index in [0.717, 1.165) is 19.4 Å². The molecule has 0 aliphatic carbocycles. The summed E-state index contributed by atoms with van der Waals surface area (Å²) in [5.74, 6) is 0. The number of rotatable bonds is 13. The van der Waals surface area contributed by atoms with Crippen molar-refractivity contribution in [1.82, 2.24) is 0 Å². The summed E-state index contributed by atoms with van der Waals surface area (Å²) in [7, 11) is 0. The molecule has 0 aromatic carbocycles. The summed E-state index contributed by atoms with van der Waals surface area (Å²) in [6.07, 6.45) is 13.6. The molecule has 0 saturated heterocycles. The van der Waals surface area contributed by atoms with E-state index in [1.165, 1.54) is 57.8 Å². The highest BCUT2D eigenvalue weighted by Gasteiger charge is 2.05. The molecule has 0 rings (SSSR count). The normalized spacial score (nSPS) is 11.1. The second-order valence-electron chi connectivity index (χ2n) is 5.29. The van der Waals surface area contributed by atoms with Crippen LogP contribution in [0.1, 0.15) is 84.5 Å². The summed E-state index contributed by atoms with van der Waals surface area (Å²) in [6.45, 7) is 2.24. The van der Waals surface area contributed by atoms with Gasteiger partial charge in [-0.25, -0.2) is 0 Å². The van der Waals surface area contributed by atoms with Gasteiger partial charge in [-0.1, -0.05) is 71.6 Å². The second-order valence-corrected chi connectivity index (χ2v) is 7.96. The zero-order valence-corrected chi connectivity index (χ0v) is 15.6. The average molecular weight is 341 g/mol. The van der Waals surface area contributed by atoms with Crippen LogP contribution in [0, 0.1) is 0 Å².